The van der Waals surface area contributed by atoms with Crippen LogP contribution in [0.25, 0.3) is 6.08 Å². The molecule has 1 saturated heterocycles. The van der Waals surface area contributed by atoms with E-state index in [0.717, 1.165) is 17.0 Å². The smallest absolute Gasteiger partial charge is 0.311 e. The summed E-state index contributed by atoms with van der Waals surface area (Å²) in [5, 5.41) is 22.4. The second-order valence-electron chi connectivity index (χ2n) is 6.28. The van der Waals surface area contributed by atoms with Crippen LogP contribution in [-0.4, -0.2) is 45.1 Å². The summed E-state index contributed by atoms with van der Waals surface area (Å²) in [5.74, 6) is -1.12. The molecule has 1 heterocycles. The summed E-state index contributed by atoms with van der Waals surface area (Å²) in [6, 6.07) is 10.2. The van der Waals surface area contributed by atoms with Gasteiger partial charge in [0.2, 0.25) is 5.91 Å². The van der Waals surface area contributed by atoms with Crippen molar-refractivity contribution in [3.63, 3.8) is 0 Å². The summed E-state index contributed by atoms with van der Waals surface area (Å²) in [7, 11) is 0. The van der Waals surface area contributed by atoms with Crippen molar-refractivity contribution in [1.82, 2.24) is 4.90 Å². The van der Waals surface area contributed by atoms with Gasteiger partial charge in [0.1, 0.15) is 12.3 Å². The lowest BCUT2D eigenvalue weighted by molar-refractivity contribution is -0.385. The van der Waals surface area contributed by atoms with Crippen LogP contribution in [0.5, 0.6) is 11.5 Å². The van der Waals surface area contributed by atoms with Gasteiger partial charge in [0, 0.05) is 11.8 Å². The number of aromatic hydroxyl groups is 1. The van der Waals surface area contributed by atoms with Crippen molar-refractivity contribution < 1.29 is 29.2 Å². The van der Waals surface area contributed by atoms with E-state index in [1.54, 1.807) is 24.3 Å². The van der Waals surface area contributed by atoms with E-state index in [-0.39, 0.29) is 10.5 Å². The molecule has 0 unspecified atom stereocenters. The first kappa shape index (κ1) is 21.8. The van der Waals surface area contributed by atoms with Crippen LogP contribution in [0.4, 0.5) is 16.2 Å². The number of hydrogen-bond donors (Lipinski definition) is 2. The standard InChI is InChI=1S/C20H17N3O7S/c1-2-30-14-6-4-13(5-7-14)21-18(25)11-22-19(26)17(31-20(22)27)10-12-3-8-16(24)15(9-12)23(28)29/h3-10,24H,2,11H2,1H3,(H,21,25)/b17-10-. The highest BCUT2D eigenvalue weighted by molar-refractivity contribution is 8.18. The van der Waals surface area contributed by atoms with E-state index >= 15 is 0 Å². The Labute approximate surface area is 180 Å². The molecular formula is C20H17N3O7S. The number of carbonyl (C=O) groups excluding carboxylic acids is 3. The fourth-order valence-corrected chi connectivity index (χ4v) is 3.55. The van der Waals surface area contributed by atoms with Gasteiger partial charge in [-0.3, -0.25) is 29.4 Å². The van der Waals surface area contributed by atoms with Crippen molar-refractivity contribution >= 4 is 46.3 Å². The number of imide groups is 1. The number of nitrogens with one attached hydrogen (secondary N) is 1. The number of phenols is 1. The van der Waals surface area contributed by atoms with Gasteiger partial charge in [-0.25, -0.2) is 0 Å². The summed E-state index contributed by atoms with van der Waals surface area (Å²) < 4.78 is 5.32. The van der Waals surface area contributed by atoms with Crippen LogP contribution >= 0.6 is 11.8 Å². The topological polar surface area (TPSA) is 139 Å². The Morgan fingerprint density at radius 2 is 1.97 bits per heavy atom. The summed E-state index contributed by atoms with van der Waals surface area (Å²) in [6.07, 6.45) is 1.29. The first-order chi connectivity index (χ1) is 14.8. The van der Waals surface area contributed by atoms with Crippen LogP contribution in [0.15, 0.2) is 47.4 Å². The maximum Gasteiger partial charge on any atom is 0.311 e. The molecule has 3 amide bonds. The number of thioether (sulfide) groups is 1. The molecule has 2 aromatic carbocycles. The average molecular weight is 443 g/mol. The van der Waals surface area contributed by atoms with Gasteiger partial charge in [-0.15, -0.1) is 0 Å². The minimum Gasteiger partial charge on any atom is -0.502 e. The van der Waals surface area contributed by atoms with E-state index in [2.05, 4.69) is 5.32 Å². The molecule has 0 atom stereocenters. The van der Waals surface area contributed by atoms with Crippen LogP contribution in [-0.2, 0) is 9.59 Å². The molecule has 3 rings (SSSR count). The number of ether oxygens (including phenoxy) is 1. The largest absolute Gasteiger partial charge is 0.502 e. The molecule has 0 saturated carbocycles. The number of anilines is 1. The zero-order chi connectivity index (χ0) is 22.5. The SMILES string of the molecule is CCOc1ccc(NC(=O)CN2C(=O)S/C(=C\c3ccc(O)c([N+](=O)[O-])c3)C2=O)cc1. The van der Waals surface area contributed by atoms with Gasteiger partial charge in [-0.1, -0.05) is 6.07 Å². The fourth-order valence-electron chi connectivity index (χ4n) is 2.71. The van der Waals surface area contributed by atoms with Gasteiger partial charge in [0.05, 0.1) is 16.4 Å². The quantitative estimate of drug-likeness (QED) is 0.377. The summed E-state index contributed by atoms with van der Waals surface area (Å²) in [5.41, 5.74) is 0.212. The lowest BCUT2D eigenvalue weighted by Crippen LogP contribution is -2.36. The molecule has 0 aromatic heterocycles. The molecule has 0 bridgehead atoms. The maximum absolute atomic E-state index is 12.5. The normalized spacial score (nSPS) is 14.7. The van der Waals surface area contributed by atoms with E-state index in [0.29, 0.717) is 29.8 Å². The highest BCUT2D eigenvalue weighted by Crippen LogP contribution is 2.34. The highest BCUT2D eigenvalue weighted by atomic mass is 32.2. The van der Waals surface area contributed by atoms with Crippen molar-refractivity contribution in [2.45, 2.75) is 6.92 Å². The Hall–Kier alpha value is -3.86. The number of nitro groups is 1. The Morgan fingerprint density at radius 1 is 1.26 bits per heavy atom. The summed E-state index contributed by atoms with van der Waals surface area (Å²) >= 11 is 0.620. The molecular weight excluding hydrogens is 426 g/mol. The molecule has 160 valence electrons. The van der Waals surface area contributed by atoms with Gasteiger partial charge >= 0.3 is 5.69 Å². The molecule has 11 heteroatoms. The fraction of sp³-hybridized carbons (Fsp3) is 0.150. The molecule has 2 aromatic rings. The number of amides is 3. The van der Waals surface area contributed by atoms with Crippen LogP contribution < -0.4 is 10.1 Å². The highest BCUT2D eigenvalue weighted by Gasteiger charge is 2.36. The van der Waals surface area contributed by atoms with Crippen molar-refractivity contribution in [3.05, 3.63) is 63.0 Å². The molecule has 10 nitrogen and oxygen atoms in total. The molecule has 2 N–H and O–H groups in total. The van der Waals surface area contributed by atoms with Gasteiger partial charge in [0.25, 0.3) is 11.1 Å². The number of carbonyl (C=O) groups is 3. The monoisotopic (exact) mass is 443 g/mol. The average Bonchev–Trinajstić information content (AvgIpc) is 2.98. The second-order valence-corrected chi connectivity index (χ2v) is 7.27. The third kappa shape index (κ3) is 5.20. The van der Waals surface area contributed by atoms with E-state index in [1.165, 1.54) is 12.1 Å². The van der Waals surface area contributed by atoms with E-state index < -0.39 is 40.0 Å². The van der Waals surface area contributed by atoms with Crippen molar-refractivity contribution in [1.29, 1.82) is 0 Å². The lowest BCUT2D eigenvalue weighted by atomic mass is 10.1. The van der Waals surface area contributed by atoms with E-state index in [9.17, 15) is 29.6 Å². The van der Waals surface area contributed by atoms with Crippen LogP contribution in [0.2, 0.25) is 0 Å². The minimum absolute atomic E-state index is 0.0128. The van der Waals surface area contributed by atoms with Gasteiger partial charge in [0.15, 0.2) is 5.75 Å². The molecule has 1 aliphatic heterocycles. The number of nitrogens with zero attached hydrogens (tertiary/aromatic N) is 2. The maximum atomic E-state index is 12.5. The molecule has 0 aliphatic carbocycles. The van der Waals surface area contributed by atoms with Gasteiger partial charge in [-0.2, -0.15) is 0 Å². The second kappa shape index (κ2) is 9.30. The summed E-state index contributed by atoms with van der Waals surface area (Å²) in [6.45, 7) is 1.88. The first-order valence-electron chi connectivity index (χ1n) is 9.04. The Morgan fingerprint density at radius 3 is 2.61 bits per heavy atom. The summed E-state index contributed by atoms with van der Waals surface area (Å²) in [4.78, 5) is 48.0. The number of nitro benzene ring substituents is 1. The first-order valence-corrected chi connectivity index (χ1v) is 9.85. The molecule has 0 radical (unpaired) electrons. The Kier molecular flexibility index (Phi) is 6.55. The van der Waals surface area contributed by atoms with Gasteiger partial charge in [-0.05, 0) is 60.7 Å². The Bertz CT molecular complexity index is 1080. The third-order valence-electron chi connectivity index (χ3n) is 4.12. The number of benzene rings is 2. The van der Waals surface area contributed by atoms with Crippen molar-refractivity contribution in [2.75, 3.05) is 18.5 Å². The Balaban J connectivity index is 1.68. The van der Waals surface area contributed by atoms with E-state index in [4.69, 9.17) is 4.74 Å². The molecule has 31 heavy (non-hydrogen) atoms. The number of rotatable bonds is 7. The van der Waals surface area contributed by atoms with Crippen LogP contribution in [0.1, 0.15) is 12.5 Å². The zero-order valence-corrected chi connectivity index (χ0v) is 17.0. The van der Waals surface area contributed by atoms with Crippen LogP contribution in [0.3, 0.4) is 0 Å². The van der Waals surface area contributed by atoms with Crippen molar-refractivity contribution in [2.24, 2.45) is 0 Å². The minimum atomic E-state index is -0.760. The predicted molar refractivity (Wildman–Crippen MR) is 114 cm³/mol. The number of phenolic OH excluding ortho intramolecular Hbond substituents is 1. The molecule has 0 spiro atoms. The molecule has 1 aliphatic rings. The zero-order valence-electron chi connectivity index (χ0n) is 16.2. The van der Waals surface area contributed by atoms with Crippen LogP contribution in [0, 0.1) is 10.1 Å². The third-order valence-corrected chi connectivity index (χ3v) is 5.03. The van der Waals surface area contributed by atoms with E-state index in [1.807, 2.05) is 6.92 Å². The van der Waals surface area contributed by atoms with Crippen molar-refractivity contribution in [3.8, 4) is 11.5 Å². The predicted octanol–water partition coefficient (Wildman–Crippen LogP) is 3.37. The molecule has 1 fully saturated rings. The number of hydrogen-bond acceptors (Lipinski definition) is 8. The lowest BCUT2D eigenvalue weighted by Gasteiger charge is -2.12. The van der Waals surface area contributed by atoms with Gasteiger partial charge < -0.3 is 15.2 Å².